The molecule has 7 nitrogen and oxygen atoms in total. The first-order chi connectivity index (χ1) is 15.0. The van der Waals surface area contributed by atoms with Crippen molar-refractivity contribution in [2.45, 2.75) is 12.2 Å². The molecule has 0 unspecified atom stereocenters. The van der Waals surface area contributed by atoms with Crippen molar-refractivity contribution in [1.29, 1.82) is 0 Å². The third-order valence-electron chi connectivity index (χ3n) is 4.85. The number of nitrogens with zero attached hydrogens (tertiary/aromatic N) is 4. The van der Waals surface area contributed by atoms with Gasteiger partial charge < -0.3 is 10.2 Å². The van der Waals surface area contributed by atoms with Gasteiger partial charge in [0.15, 0.2) is 5.82 Å². The smallest absolute Gasteiger partial charge is 0.335 e. The van der Waals surface area contributed by atoms with E-state index in [4.69, 9.17) is 11.6 Å². The first-order valence-corrected chi connectivity index (χ1v) is 9.96. The van der Waals surface area contributed by atoms with Gasteiger partial charge in [0.05, 0.1) is 17.4 Å². The number of benzene rings is 1. The van der Waals surface area contributed by atoms with Crippen LogP contribution in [0.4, 0.5) is 38.3 Å². The molecule has 2 aromatic heterocycles. The third-order valence-corrected chi connectivity index (χ3v) is 5.89. The molecule has 0 aliphatic carbocycles. The number of fused-ring (bicyclic) bond motifs is 1. The number of anilines is 2. The van der Waals surface area contributed by atoms with Crippen molar-refractivity contribution < 1.29 is 31.5 Å². The second kappa shape index (κ2) is 7.81. The second-order valence-electron chi connectivity index (χ2n) is 6.73. The molecule has 0 bridgehead atoms. The molecule has 1 fully saturated rings. The van der Waals surface area contributed by atoms with Gasteiger partial charge in [0.2, 0.25) is 0 Å². The summed E-state index contributed by atoms with van der Waals surface area (Å²) in [5.74, 6) is -3.51. The average molecular weight is 492 g/mol. The average Bonchev–Trinajstić information content (AvgIpc) is 3.35. The lowest BCUT2D eigenvalue weighted by molar-refractivity contribution is -0.136. The number of rotatable bonds is 3. The highest BCUT2D eigenvalue weighted by Crippen LogP contribution is 2.38. The Balaban J connectivity index is 1.75. The number of hydrogen-bond donors (Lipinski definition) is 1. The fourth-order valence-corrected chi connectivity index (χ4v) is 4.09. The van der Waals surface area contributed by atoms with Gasteiger partial charge in [0.25, 0.3) is 5.91 Å². The van der Waals surface area contributed by atoms with Gasteiger partial charge in [-0.3, -0.25) is 9.69 Å². The fourth-order valence-electron chi connectivity index (χ4n) is 3.28. The van der Waals surface area contributed by atoms with E-state index in [1.54, 1.807) is 0 Å². The van der Waals surface area contributed by atoms with Crippen LogP contribution in [-0.4, -0.2) is 40.9 Å². The van der Waals surface area contributed by atoms with Crippen LogP contribution in [0.1, 0.15) is 5.56 Å². The van der Waals surface area contributed by atoms with E-state index in [9.17, 15) is 31.5 Å². The first kappa shape index (κ1) is 22.1. The number of carbonyl (C=O) groups is 2. The lowest BCUT2D eigenvalue weighted by atomic mass is 10.1. The van der Waals surface area contributed by atoms with Gasteiger partial charge in [-0.15, -0.1) is 0 Å². The number of carbonyl (C=O) groups excluding carboxylic acids is 2. The number of pyridine rings is 1. The molecule has 0 spiro atoms. The Kier molecular flexibility index (Phi) is 5.41. The molecule has 1 saturated heterocycles. The number of halogens is 6. The number of nitrogens with one attached hydrogen (secondary N) is 1. The normalized spacial score (nSPS) is 16.5. The van der Waals surface area contributed by atoms with Crippen LogP contribution in [0, 0.1) is 11.6 Å². The topological polar surface area (TPSA) is 78.4 Å². The van der Waals surface area contributed by atoms with Crippen molar-refractivity contribution in [2.24, 2.45) is 0 Å². The molecule has 4 rings (SSSR count). The summed E-state index contributed by atoms with van der Waals surface area (Å²) in [4.78, 5) is 31.0. The number of amides is 3. The van der Waals surface area contributed by atoms with Crippen LogP contribution >= 0.6 is 23.1 Å². The van der Waals surface area contributed by atoms with E-state index in [-0.39, 0.29) is 22.4 Å². The zero-order chi connectivity index (χ0) is 23.4. The molecule has 14 heteroatoms. The molecule has 3 aromatic rings. The zero-order valence-corrected chi connectivity index (χ0v) is 17.4. The summed E-state index contributed by atoms with van der Waals surface area (Å²) < 4.78 is 72.2. The van der Waals surface area contributed by atoms with Crippen LogP contribution in [0.2, 0.25) is 5.02 Å². The van der Waals surface area contributed by atoms with Gasteiger partial charge in [-0.1, -0.05) is 11.6 Å². The number of hydrogen-bond acceptors (Lipinski definition) is 5. The summed E-state index contributed by atoms with van der Waals surface area (Å²) in [6.45, 7) is -0.275. The van der Waals surface area contributed by atoms with Gasteiger partial charge in [0.1, 0.15) is 27.5 Å². The molecule has 3 heterocycles. The van der Waals surface area contributed by atoms with Crippen molar-refractivity contribution in [1.82, 2.24) is 14.7 Å². The fraction of sp³-hybridized carbons (Fsp3) is 0.222. The SMILES string of the molecule is CN(C(=O)[C@@H]1CNC(=O)N1c1cc(C(F)(F)F)c2cnsc2n1)c1ccc(F)c(Cl)c1F. The number of likely N-dealkylation sites (N-methyl/N-ethyl adjacent to an activating group) is 1. The highest BCUT2D eigenvalue weighted by Gasteiger charge is 2.42. The summed E-state index contributed by atoms with van der Waals surface area (Å²) in [6.07, 6.45) is -3.75. The Morgan fingerprint density at radius 2 is 2.06 bits per heavy atom. The maximum Gasteiger partial charge on any atom is 0.417 e. The second-order valence-corrected chi connectivity index (χ2v) is 7.89. The van der Waals surface area contributed by atoms with E-state index < -0.39 is 52.2 Å². The Labute approximate surface area is 185 Å². The van der Waals surface area contributed by atoms with Crippen LogP contribution in [-0.2, 0) is 11.0 Å². The van der Waals surface area contributed by atoms with E-state index in [1.165, 1.54) is 0 Å². The summed E-state index contributed by atoms with van der Waals surface area (Å²) in [6, 6.07) is 0.271. The monoisotopic (exact) mass is 491 g/mol. The summed E-state index contributed by atoms with van der Waals surface area (Å²) in [5, 5.41) is 1.30. The molecule has 1 aliphatic rings. The molecule has 1 aliphatic heterocycles. The van der Waals surface area contributed by atoms with Crippen molar-refractivity contribution in [3.63, 3.8) is 0 Å². The molecular weight excluding hydrogens is 481 g/mol. The minimum absolute atomic E-state index is 0.0783. The van der Waals surface area contributed by atoms with Crippen molar-refractivity contribution >= 4 is 56.8 Å². The van der Waals surface area contributed by atoms with Crippen LogP contribution in [0.25, 0.3) is 10.2 Å². The van der Waals surface area contributed by atoms with Gasteiger partial charge in [-0.25, -0.2) is 18.6 Å². The molecule has 32 heavy (non-hydrogen) atoms. The predicted molar refractivity (Wildman–Crippen MR) is 107 cm³/mol. The van der Waals surface area contributed by atoms with Gasteiger partial charge >= 0.3 is 12.2 Å². The molecule has 1 atom stereocenters. The number of urea groups is 1. The van der Waals surface area contributed by atoms with Crippen LogP contribution in [0.5, 0.6) is 0 Å². The molecule has 3 amide bonds. The largest absolute Gasteiger partial charge is 0.417 e. The Morgan fingerprint density at radius 3 is 2.75 bits per heavy atom. The number of aromatic nitrogens is 2. The highest BCUT2D eigenvalue weighted by atomic mass is 35.5. The van der Waals surface area contributed by atoms with Crippen LogP contribution in [0.15, 0.2) is 24.4 Å². The molecule has 0 radical (unpaired) electrons. The molecule has 0 saturated carbocycles. The Bertz CT molecular complexity index is 1250. The van der Waals surface area contributed by atoms with Gasteiger partial charge in [-0.2, -0.15) is 17.5 Å². The van der Waals surface area contributed by atoms with Crippen molar-refractivity contribution in [3.05, 3.63) is 46.6 Å². The lowest BCUT2D eigenvalue weighted by Crippen LogP contribution is -2.47. The number of alkyl halides is 3. The summed E-state index contributed by atoms with van der Waals surface area (Å²) >= 11 is 6.25. The molecular formula is C18H11ClF5N5O2S. The lowest BCUT2D eigenvalue weighted by Gasteiger charge is -2.27. The Morgan fingerprint density at radius 1 is 1.34 bits per heavy atom. The summed E-state index contributed by atoms with van der Waals surface area (Å²) in [5.41, 5.74) is -1.44. The standard InChI is InChI=1S/C18H11ClF5N5O2S/c1-28(10-3-2-9(20)13(19)14(10)21)16(30)11-6-25-17(31)29(11)12-4-8(18(22,23)24)7-5-26-32-15(7)27-12/h2-5,11H,6H2,1H3,(H,25,31)/t11-/m0/s1. The van der Waals surface area contributed by atoms with Crippen LogP contribution < -0.4 is 15.1 Å². The van der Waals surface area contributed by atoms with Crippen molar-refractivity contribution in [3.8, 4) is 0 Å². The molecule has 1 N–H and O–H groups in total. The zero-order valence-electron chi connectivity index (χ0n) is 15.9. The predicted octanol–water partition coefficient (Wildman–Crippen LogP) is 4.20. The Hall–Kier alpha value is -3.06. The maximum absolute atomic E-state index is 14.4. The van der Waals surface area contributed by atoms with Crippen LogP contribution in [0.3, 0.4) is 0 Å². The quantitative estimate of drug-likeness (QED) is 0.440. The summed E-state index contributed by atoms with van der Waals surface area (Å²) in [7, 11) is 1.16. The van der Waals surface area contributed by atoms with E-state index in [0.717, 1.165) is 35.2 Å². The van der Waals surface area contributed by atoms with E-state index in [0.29, 0.717) is 17.6 Å². The third kappa shape index (κ3) is 3.60. The maximum atomic E-state index is 14.4. The van der Waals surface area contributed by atoms with Gasteiger partial charge in [-0.05, 0) is 29.7 Å². The minimum atomic E-state index is -4.76. The van der Waals surface area contributed by atoms with E-state index >= 15 is 0 Å². The molecule has 1 aromatic carbocycles. The molecule has 168 valence electrons. The minimum Gasteiger partial charge on any atom is -0.335 e. The van der Waals surface area contributed by atoms with E-state index in [1.807, 2.05) is 0 Å². The van der Waals surface area contributed by atoms with Gasteiger partial charge in [0, 0.05) is 19.0 Å². The first-order valence-electron chi connectivity index (χ1n) is 8.81. The highest BCUT2D eigenvalue weighted by molar-refractivity contribution is 7.12. The van der Waals surface area contributed by atoms with E-state index in [2.05, 4.69) is 14.7 Å². The van der Waals surface area contributed by atoms with Crippen molar-refractivity contribution in [2.75, 3.05) is 23.4 Å².